The normalized spacial score (nSPS) is 18.6. The largest absolute Gasteiger partial charge is 0.330 e. The first-order valence-corrected chi connectivity index (χ1v) is 7.30. The van der Waals surface area contributed by atoms with Gasteiger partial charge in [-0.25, -0.2) is 0 Å². The summed E-state index contributed by atoms with van der Waals surface area (Å²) in [7, 11) is 0. The lowest BCUT2D eigenvalue weighted by Crippen LogP contribution is -2.10. The van der Waals surface area contributed by atoms with Crippen molar-refractivity contribution >= 4 is 11.3 Å². The van der Waals surface area contributed by atoms with Gasteiger partial charge >= 0.3 is 0 Å². The molecule has 1 aliphatic carbocycles. The number of fused-ring (bicyclic) bond motifs is 1. The van der Waals surface area contributed by atoms with Crippen molar-refractivity contribution in [3.63, 3.8) is 0 Å². The molecule has 0 bridgehead atoms. The van der Waals surface area contributed by atoms with Crippen LogP contribution in [-0.4, -0.2) is 16.7 Å². The van der Waals surface area contributed by atoms with Gasteiger partial charge < -0.3 is 5.73 Å². The Morgan fingerprint density at radius 2 is 2.17 bits per heavy atom. The van der Waals surface area contributed by atoms with Gasteiger partial charge in [0.2, 0.25) is 0 Å². The van der Waals surface area contributed by atoms with E-state index in [1.165, 1.54) is 30.4 Å². The van der Waals surface area contributed by atoms with Gasteiger partial charge in [-0.3, -0.25) is 0 Å². The van der Waals surface area contributed by atoms with E-state index in [-0.39, 0.29) is 0 Å². The second kappa shape index (κ2) is 5.16. The SMILES string of the molecule is NCCc1nnc(C2CCCc3ccccc32)s1. The Balaban J connectivity index is 1.92. The maximum Gasteiger partial charge on any atom is 0.124 e. The van der Waals surface area contributed by atoms with Crippen LogP contribution in [0, 0.1) is 0 Å². The van der Waals surface area contributed by atoms with Crippen molar-refractivity contribution in [1.29, 1.82) is 0 Å². The zero-order valence-corrected chi connectivity index (χ0v) is 11.1. The number of hydrogen-bond donors (Lipinski definition) is 1. The van der Waals surface area contributed by atoms with Gasteiger partial charge in [-0.15, -0.1) is 21.5 Å². The van der Waals surface area contributed by atoms with Crippen molar-refractivity contribution in [3.05, 3.63) is 45.4 Å². The highest BCUT2D eigenvalue weighted by Crippen LogP contribution is 2.37. The van der Waals surface area contributed by atoms with E-state index in [0.717, 1.165) is 16.4 Å². The summed E-state index contributed by atoms with van der Waals surface area (Å²) in [6.07, 6.45) is 4.47. The van der Waals surface area contributed by atoms with E-state index in [0.29, 0.717) is 12.5 Å². The lowest BCUT2D eigenvalue weighted by atomic mass is 9.83. The van der Waals surface area contributed by atoms with E-state index in [4.69, 9.17) is 5.73 Å². The monoisotopic (exact) mass is 259 g/mol. The van der Waals surface area contributed by atoms with E-state index in [9.17, 15) is 0 Å². The average molecular weight is 259 g/mol. The zero-order chi connectivity index (χ0) is 12.4. The summed E-state index contributed by atoms with van der Waals surface area (Å²) < 4.78 is 0. The Hall–Kier alpha value is -1.26. The molecule has 2 aromatic rings. The van der Waals surface area contributed by atoms with Crippen LogP contribution in [0.3, 0.4) is 0 Å². The number of hydrogen-bond acceptors (Lipinski definition) is 4. The average Bonchev–Trinajstić information content (AvgIpc) is 2.87. The molecular formula is C14H17N3S. The molecule has 4 heteroatoms. The minimum absolute atomic E-state index is 0.443. The molecule has 0 amide bonds. The van der Waals surface area contributed by atoms with Gasteiger partial charge in [0.1, 0.15) is 10.0 Å². The van der Waals surface area contributed by atoms with Gasteiger partial charge in [0.15, 0.2) is 0 Å². The van der Waals surface area contributed by atoms with Crippen molar-refractivity contribution in [3.8, 4) is 0 Å². The molecule has 0 fully saturated rings. The summed E-state index contributed by atoms with van der Waals surface area (Å²) in [4.78, 5) is 0. The van der Waals surface area contributed by atoms with Crippen molar-refractivity contribution < 1.29 is 0 Å². The number of rotatable bonds is 3. The van der Waals surface area contributed by atoms with Crippen molar-refractivity contribution in [2.24, 2.45) is 5.73 Å². The highest BCUT2D eigenvalue weighted by molar-refractivity contribution is 7.11. The number of nitrogens with zero attached hydrogens (tertiary/aromatic N) is 2. The number of aryl methyl sites for hydroxylation is 1. The summed E-state index contributed by atoms with van der Waals surface area (Å²) in [5, 5.41) is 10.8. The number of benzene rings is 1. The van der Waals surface area contributed by atoms with E-state index in [2.05, 4.69) is 34.5 Å². The zero-order valence-electron chi connectivity index (χ0n) is 10.3. The Labute approximate surface area is 111 Å². The molecule has 18 heavy (non-hydrogen) atoms. The third-order valence-electron chi connectivity index (χ3n) is 3.51. The molecule has 2 N–H and O–H groups in total. The van der Waals surface area contributed by atoms with Gasteiger partial charge in [0.25, 0.3) is 0 Å². The fraction of sp³-hybridized carbons (Fsp3) is 0.429. The summed E-state index contributed by atoms with van der Waals surface area (Å²) in [5.74, 6) is 0.443. The highest BCUT2D eigenvalue weighted by Gasteiger charge is 2.24. The van der Waals surface area contributed by atoms with E-state index >= 15 is 0 Å². The predicted molar refractivity (Wildman–Crippen MR) is 73.9 cm³/mol. The molecule has 0 radical (unpaired) electrons. The van der Waals surface area contributed by atoms with Crippen LogP contribution < -0.4 is 5.73 Å². The molecular weight excluding hydrogens is 242 g/mol. The molecule has 0 saturated carbocycles. The molecule has 1 aromatic carbocycles. The van der Waals surface area contributed by atoms with Crippen LogP contribution in [0.5, 0.6) is 0 Å². The maximum absolute atomic E-state index is 5.56. The van der Waals surface area contributed by atoms with Gasteiger partial charge in [-0.2, -0.15) is 0 Å². The molecule has 94 valence electrons. The Morgan fingerprint density at radius 3 is 3.06 bits per heavy atom. The van der Waals surface area contributed by atoms with Crippen molar-refractivity contribution in [1.82, 2.24) is 10.2 Å². The first kappa shape index (κ1) is 11.8. The first-order chi connectivity index (χ1) is 8.88. The third kappa shape index (κ3) is 2.18. The molecule has 0 saturated heterocycles. The summed E-state index contributed by atoms with van der Waals surface area (Å²) in [6, 6.07) is 8.73. The summed E-state index contributed by atoms with van der Waals surface area (Å²) in [5.41, 5.74) is 8.48. The minimum atomic E-state index is 0.443. The molecule has 0 spiro atoms. The van der Waals surface area contributed by atoms with Crippen LogP contribution in [0.4, 0.5) is 0 Å². The van der Waals surface area contributed by atoms with E-state index < -0.39 is 0 Å². The third-order valence-corrected chi connectivity index (χ3v) is 4.60. The fourth-order valence-electron chi connectivity index (χ4n) is 2.64. The summed E-state index contributed by atoms with van der Waals surface area (Å²) in [6.45, 7) is 0.649. The molecule has 1 aliphatic rings. The Morgan fingerprint density at radius 1 is 1.28 bits per heavy atom. The molecule has 1 aromatic heterocycles. The Bertz CT molecular complexity index is 535. The Kier molecular flexibility index (Phi) is 3.39. The maximum atomic E-state index is 5.56. The molecule has 1 heterocycles. The topological polar surface area (TPSA) is 51.8 Å². The second-order valence-electron chi connectivity index (χ2n) is 4.72. The van der Waals surface area contributed by atoms with Gasteiger partial charge in [0.05, 0.1) is 0 Å². The summed E-state index contributed by atoms with van der Waals surface area (Å²) >= 11 is 1.73. The van der Waals surface area contributed by atoms with Crippen LogP contribution in [0.2, 0.25) is 0 Å². The standard InChI is InChI=1S/C14H17N3S/c15-9-8-13-16-17-14(18-13)12-7-3-5-10-4-1-2-6-11(10)12/h1-2,4,6,12H,3,5,7-9,15H2. The van der Waals surface area contributed by atoms with Crippen molar-refractivity contribution in [2.45, 2.75) is 31.6 Å². The minimum Gasteiger partial charge on any atom is -0.330 e. The quantitative estimate of drug-likeness (QED) is 0.921. The van der Waals surface area contributed by atoms with E-state index in [1.807, 2.05) is 0 Å². The van der Waals surface area contributed by atoms with Crippen LogP contribution in [0.15, 0.2) is 24.3 Å². The number of nitrogens with two attached hydrogens (primary N) is 1. The number of aromatic nitrogens is 2. The van der Waals surface area contributed by atoms with Gasteiger partial charge in [-0.05, 0) is 36.9 Å². The first-order valence-electron chi connectivity index (χ1n) is 6.48. The van der Waals surface area contributed by atoms with Crippen LogP contribution in [0.1, 0.15) is 39.9 Å². The molecule has 0 aliphatic heterocycles. The smallest absolute Gasteiger partial charge is 0.124 e. The molecule has 3 rings (SSSR count). The van der Waals surface area contributed by atoms with Gasteiger partial charge in [0, 0.05) is 12.3 Å². The fourth-order valence-corrected chi connectivity index (χ4v) is 3.65. The molecule has 3 nitrogen and oxygen atoms in total. The lowest BCUT2D eigenvalue weighted by Gasteiger charge is -2.23. The molecule has 1 unspecified atom stereocenters. The van der Waals surface area contributed by atoms with Crippen molar-refractivity contribution in [2.75, 3.05) is 6.54 Å². The van der Waals surface area contributed by atoms with Gasteiger partial charge in [-0.1, -0.05) is 24.3 Å². The second-order valence-corrected chi connectivity index (χ2v) is 5.81. The van der Waals surface area contributed by atoms with Crippen LogP contribution in [0.25, 0.3) is 0 Å². The molecule has 1 atom stereocenters. The lowest BCUT2D eigenvalue weighted by molar-refractivity contribution is 0.609. The predicted octanol–water partition coefficient (Wildman–Crippen LogP) is 2.51. The van der Waals surface area contributed by atoms with Crippen LogP contribution >= 0.6 is 11.3 Å². The van der Waals surface area contributed by atoms with E-state index in [1.54, 1.807) is 11.3 Å². The van der Waals surface area contributed by atoms with Crippen LogP contribution in [-0.2, 0) is 12.8 Å². The highest BCUT2D eigenvalue weighted by atomic mass is 32.1.